The number of H-pyrrole nitrogens is 1. The van der Waals surface area contributed by atoms with Gasteiger partial charge in [-0.05, 0) is 37.3 Å². The zero-order chi connectivity index (χ0) is 14.8. The van der Waals surface area contributed by atoms with Gasteiger partial charge in [-0.2, -0.15) is 5.10 Å². The molecule has 4 heteroatoms. The summed E-state index contributed by atoms with van der Waals surface area (Å²) in [7, 11) is 0. The van der Waals surface area contributed by atoms with Crippen molar-refractivity contribution < 1.29 is 4.42 Å². The molecular weight excluding hydrogens is 262 g/mol. The Morgan fingerprint density at radius 3 is 2.95 bits per heavy atom. The van der Waals surface area contributed by atoms with Crippen molar-refractivity contribution in [1.82, 2.24) is 15.5 Å². The van der Waals surface area contributed by atoms with Gasteiger partial charge in [0.2, 0.25) is 0 Å². The van der Waals surface area contributed by atoms with E-state index in [1.807, 2.05) is 25.3 Å². The van der Waals surface area contributed by atoms with E-state index in [1.165, 1.54) is 24.8 Å². The van der Waals surface area contributed by atoms with Gasteiger partial charge in [0.25, 0.3) is 0 Å². The molecule has 2 N–H and O–H groups in total. The van der Waals surface area contributed by atoms with Crippen molar-refractivity contribution in [2.24, 2.45) is 11.8 Å². The van der Waals surface area contributed by atoms with Crippen LogP contribution in [-0.2, 0) is 6.54 Å². The molecule has 21 heavy (non-hydrogen) atoms. The van der Waals surface area contributed by atoms with Gasteiger partial charge in [0.15, 0.2) is 5.76 Å². The third-order valence-electron chi connectivity index (χ3n) is 4.97. The fraction of sp³-hybridized carbons (Fsp3) is 0.588. The van der Waals surface area contributed by atoms with Crippen LogP contribution in [0.4, 0.5) is 0 Å². The molecule has 4 nitrogen and oxygen atoms in total. The predicted octanol–water partition coefficient (Wildman–Crippen LogP) is 3.89. The lowest BCUT2D eigenvalue weighted by Crippen LogP contribution is -2.40. The van der Waals surface area contributed by atoms with Gasteiger partial charge in [0.1, 0.15) is 11.5 Å². The van der Waals surface area contributed by atoms with Crippen LogP contribution in [-0.4, -0.2) is 16.2 Å². The van der Waals surface area contributed by atoms with Crippen molar-refractivity contribution in [1.29, 1.82) is 0 Å². The van der Waals surface area contributed by atoms with Crippen LogP contribution >= 0.6 is 0 Å². The Morgan fingerprint density at radius 2 is 2.19 bits per heavy atom. The number of aromatic amines is 1. The van der Waals surface area contributed by atoms with Crippen LogP contribution < -0.4 is 5.32 Å². The third kappa shape index (κ3) is 3.05. The third-order valence-corrected chi connectivity index (χ3v) is 4.97. The lowest BCUT2D eigenvalue weighted by Gasteiger charge is -2.34. The summed E-state index contributed by atoms with van der Waals surface area (Å²) in [5, 5.41) is 11.0. The summed E-state index contributed by atoms with van der Waals surface area (Å²) >= 11 is 0. The van der Waals surface area contributed by atoms with Gasteiger partial charge in [-0.25, -0.2) is 0 Å². The zero-order valence-corrected chi connectivity index (χ0v) is 13.1. The molecule has 1 fully saturated rings. The first-order chi connectivity index (χ1) is 10.1. The molecule has 2 aromatic rings. The van der Waals surface area contributed by atoms with Gasteiger partial charge in [0.05, 0.1) is 6.20 Å². The van der Waals surface area contributed by atoms with E-state index in [0.29, 0.717) is 6.04 Å². The van der Waals surface area contributed by atoms with Gasteiger partial charge in [-0.15, -0.1) is 0 Å². The fourth-order valence-corrected chi connectivity index (χ4v) is 3.34. The largest absolute Gasteiger partial charge is 0.460 e. The molecule has 0 aliphatic heterocycles. The molecule has 3 atom stereocenters. The lowest BCUT2D eigenvalue weighted by molar-refractivity contribution is 0.206. The predicted molar refractivity (Wildman–Crippen MR) is 83.8 cm³/mol. The van der Waals surface area contributed by atoms with Crippen molar-refractivity contribution in [3.05, 3.63) is 29.7 Å². The highest BCUT2D eigenvalue weighted by Crippen LogP contribution is 2.30. The van der Waals surface area contributed by atoms with Gasteiger partial charge < -0.3 is 9.73 Å². The van der Waals surface area contributed by atoms with E-state index in [-0.39, 0.29) is 0 Å². The number of nitrogens with zero attached hydrogens (tertiary/aromatic N) is 1. The van der Waals surface area contributed by atoms with Crippen molar-refractivity contribution >= 4 is 0 Å². The van der Waals surface area contributed by atoms with E-state index in [2.05, 4.69) is 29.4 Å². The second kappa shape index (κ2) is 6.06. The normalized spacial score (nSPS) is 26.1. The van der Waals surface area contributed by atoms with Gasteiger partial charge >= 0.3 is 0 Å². The maximum Gasteiger partial charge on any atom is 0.152 e. The Hall–Kier alpha value is -1.55. The van der Waals surface area contributed by atoms with Crippen LogP contribution in [0.25, 0.3) is 11.5 Å². The van der Waals surface area contributed by atoms with Gasteiger partial charge in [-0.1, -0.05) is 26.7 Å². The van der Waals surface area contributed by atoms with Crippen molar-refractivity contribution in [2.45, 2.75) is 52.6 Å². The topological polar surface area (TPSA) is 53.9 Å². The van der Waals surface area contributed by atoms with Crippen molar-refractivity contribution in [3.8, 4) is 11.5 Å². The molecule has 3 unspecified atom stereocenters. The minimum absolute atomic E-state index is 0.606. The number of nitrogens with one attached hydrogen (secondary N) is 2. The Kier molecular flexibility index (Phi) is 4.15. The summed E-state index contributed by atoms with van der Waals surface area (Å²) in [6.45, 7) is 7.54. The van der Waals surface area contributed by atoms with E-state index in [0.717, 1.165) is 35.6 Å². The van der Waals surface area contributed by atoms with Gasteiger partial charge in [-0.3, -0.25) is 5.10 Å². The number of rotatable bonds is 4. The van der Waals surface area contributed by atoms with E-state index < -0.39 is 0 Å². The molecule has 0 aromatic carbocycles. The molecule has 0 amide bonds. The first kappa shape index (κ1) is 14.4. The summed E-state index contributed by atoms with van der Waals surface area (Å²) in [6.07, 6.45) is 5.87. The maximum atomic E-state index is 5.70. The van der Waals surface area contributed by atoms with E-state index in [4.69, 9.17) is 4.42 Å². The number of aromatic nitrogens is 2. The first-order valence-electron chi connectivity index (χ1n) is 7.97. The Balaban J connectivity index is 1.67. The molecule has 0 bridgehead atoms. The second-order valence-electron chi connectivity index (χ2n) is 6.44. The van der Waals surface area contributed by atoms with Gasteiger partial charge in [0, 0.05) is 18.2 Å². The number of furan rings is 1. The summed E-state index contributed by atoms with van der Waals surface area (Å²) in [5.41, 5.74) is 2.17. The summed E-state index contributed by atoms with van der Waals surface area (Å²) in [6, 6.07) is 4.59. The molecule has 3 rings (SSSR count). The molecule has 2 aromatic heterocycles. The van der Waals surface area contributed by atoms with Crippen LogP contribution in [0.2, 0.25) is 0 Å². The Bertz CT molecular complexity index is 586. The zero-order valence-electron chi connectivity index (χ0n) is 13.1. The van der Waals surface area contributed by atoms with Crippen LogP contribution in [0.5, 0.6) is 0 Å². The Morgan fingerprint density at radius 1 is 1.33 bits per heavy atom. The lowest BCUT2D eigenvalue weighted by atomic mass is 9.78. The highest BCUT2D eigenvalue weighted by molar-refractivity contribution is 5.56. The highest BCUT2D eigenvalue weighted by atomic mass is 16.3. The SMILES string of the molecule is Cc1ccc(-c2[nH]ncc2CNC2CCCC(C)C2C)o1. The molecule has 1 aliphatic carbocycles. The highest BCUT2D eigenvalue weighted by Gasteiger charge is 2.26. The van der Waals surface area contributed by atoms with Crippen LogP contribution in [0.15, 0.2) is 22.7 Å². The van der Waals surface area contributed by atoms with Crippen molar-refractivity contribution in [2.75, 3.05) is 0 Å². The average Bonchev–Trinajstić information content (AvgIpc) is 3.09. The van der Waals surface area contributed by atoms with Crippen molar-refractivity contribution in [3.63, 3.8) is 0 Å². The molecule has 1 saturated carbocycles. The first-order valence-corrected chi connectivity index (χ1v) is 7.97. The summed E-state index contributed by atoms with van der Waals surface area (Å²) < 4.78 is 5.70. The summed E-state index contributed by atoms with van der Waals surface area (Å²) in [4.78, 5) is 0. The summed E-state index contributed by atoms with van der Waals surface area (Å²) in [5.74, 6) is 3.34. The van der Waals surface area contributed by atoms with E-state index in [1.54, 1.807) is 0 Å². The molecule has 2 heterocycles. The van der Waals surface area contributed by atoms with Crippen LogP contribution in [0, 0.1) is 18.8 Å². The number of aryl methyl sites for hydroxylation is 1. The molecule has 114 valence electrons. The second-order valence-corrected chi connectivity index (χ2v) is 6.44. The molecule has 0 saturated heterocycles. The molecule has 0 radical (unpaired) electrons. The number of hydrogen-bond donors (Lipinski definition) is 2. The minimum Gasteiger partial charge on any atom is -0.460 e. The van der Waals surface area contributed by atoms with E-state index >= 15 is 0 Å². The molecule has 1 aliphatic rings. The smallest absolute Gasteiger partial charge is 0.152 e. The molecular formula is C17H25N3O. The minimum atomic E-state index is 0.606. The standard InChI is InChI=1S/C17H25N3O/c1-11-5-4-6-15(13(11)3)18-9-14-10-19-20-17(14)16-8-7-12(2)21-16/h7-8,10-11,13,15,18H,4-6,9H2,1-3H3,(H,19,20). The van der Waals surface area contributed by atoms with Crippen LogP contribution in [0.3, 0.4) is 0 Å². The number of hydrogen-bond acceptors (Lipinski definition) is 3. The van der Waals surface area contributed by atoms with E-state index in [9.17, 15) is 0 Å². The van der Waals surface area contributed by atoms with Crippen LogP contribution in [0.1, 0.15) is 44.4 Å². The monoisotopic (exact) mass is 287 g/mol. The molecule has 0 spiro atoms. The quantitative estimate of drug-likeness (QED) is 0.897. The maximum absolute atomic E-state index is 5.70. The average molecular weight is 287 g/mol. The fourth-order valence-electron chi connectivity index (χ4n) is 3.34. The Labute approximate surface area is 126 Å².